The van der Waals surface area contributed by atoms with E-state index in [2.05, 4.69) is 22.0 Å². The van der Waals surface area contributed by atoms with Crippen LogP contribution >= 0.6 is 11.8 Å². The van der Waals surface area contributed by atoms with Gasteiger partial charge in [0.25, 0.3) is 0 Å². The monoisotopic (exact) mass is 516 g/mol. The smallest absolute Gasteiger partial charge is 0.234 e. The number of ketones is 1. The van der Waals surface area contributed by atoms with Gasteiger partial charge in [-0.3, -0.25) is 14.4 Å². The Morgan fingerprint density at radius 1 is 1.08 bits per heavy atom. The first-order valence-corrected chi connectivity index (χ1v) is 13.1. The molecule has 0 spiro atoms. The first-order chi connectivity index (χ1) is 17.9. The first-order valence-electron chi connectivity index (χ1n) is 12.1. The zero-order valence-electron chi connectivity index (χ0n) is 20.7. The van der Waals surface area contributed by atoms with E-state index in [1.165, 1.54) is 18.7 Å². The topological polar surface area (TPSA) is 120 Å². The van der Waals surface area contributed by atoms with E-state index in [0.717, 1.165) is 23.4 Å². The lowest BCUT2D eigenvalue weighted by molar-refractivity contribution is -0.116. The van der Waals surface area contributed by atoms with Gasteiger partial charge in [0.1, 0.15) is 5.75 Å². The molecule has 3 N–H and O–H groups in total. The molecule has 9 heteroatoms. The van der Waals surface area contributed by atoms with Gasteiger partial charge in [-0.2, -0.15) is 5.26 Å². The normalized spacial score (nSPS) is 16.9. The Hall–Kier alpha value is -4.03. The summed E-state index contributed by atoms with van der Waals surface area (Å²) in [6, 6.07) is 16.6. The minimum absolute atomic E-state index is 0.0462. The number of allylic oxidation sites excluding steroid dienone is 3. The van der Waals surface area contributed by atoms with Gasteiger partial charge >= 0.3 is 0 Å². The van der Waals surface area contributed by atoms with Gasteiger partial charge in [-0.25, -0.2) is 0 Å². The van der Waals surface area contributed by atoms with Crippen molar-refractivity contribution in [3.63, 3.8) is 0 Å². The Morgan fingerprint density at radius 3 is 2.38 bits per heavy atom. The summed E-state index contributed by atoms with van der Waals surface area (Å²) in [7, 11) is 0. The van der Waals surface area contributed by atoms with Gasteiger partial charge in [0, 0.05) is 36.0 Å². The van der Waals surface area contributed by atoms with Gasteiger partial charge in [-0.05, 0) is 61.7 Å². The van der Waals surface area contributed by atoms with Crippen molar-refractivity contribution in [1.82, 2.24) is 5.32 Å². The van der Waals surface area contributed by atoms with Crippen LogP contribution in [0.1, 0.15) is 44.6 Å². The van der Waals surface area contributed by atoms with Crippen molar-refractivity contribution in [2.45, 2.75) is 39.0 Å². The van der Waals surface area contributed by atoms with E-state index in [4.69, 9.17) is 4.74 Å². The maximum absolute atomic E-state index is 13.0. The largest absolute Gasteiger partial charge is 0.494 e. The van der Waals surface area contributed by atoms with Crippen LogP contribution in [0.15, 0.2) is 70.4 Å². The Bertz CT molecular complexity index is 1310. The summed E-state index contributed by atoms with van der Waals surface area (Å²) < 4.78 is 5.55. The summed E-state index contributed by atoms with van der Waals surface area (Å²) in [5.74, 6) is -0.0463. The zero-order chi connectivity index (χ0) is 26.4. The number of nitriles is 1. The molecule has 1 aliphatic carbocycles. The summed E-state index contributed by atoms with van der Waals surface area (Å²) in [6.07, 6.45) is 1.91. The number of benzene rings is 2. The zero-order valence-corrected chi connectivity index (χ0v) is 21.5. The van der Waals surface area contributed by atoms with Crippen LogP contribution in [-0.4, -0.2) is 30.0 Å². The highest BCUT2D eigenvalue weighted by molar-refractivity contribution is 8.03. The molecule has 0 bridgehead atoms. The van der Waals surface area contributed by atoms with Crippen molar-refractivity contribution in [1.29, 1.82) is 5.26 Å². The SMILES string of the molecule is CCOc1ccc([C@@H]2C(C#N)=C(SCC(=O)Nc3ccc(NC(C)=O)cc3)NC3=C2C(=O)CCC3)cc1. The Labute approximate surface area is 220 Å². The van der Waals surface area contributed by atoms with Gasteiger partial charge in [0.15, 0.2) is 5.78 Å². The second kappa shape index (κ2) is 11.8. The van der Waals surface area contributed by atoms with Crippen LogP contribution in [-0.2, 0) is 14.4 Å². The van der Waals surface area contributed by atoms with Gasteiger partial charge in [-0.15, -0.1) is 0 Å². The van der Waals surface area contributed by atoms with Crippen molar-refractivity contribution in [2.75, 3.05) is 23.0 Å². The van der Waals surface area contributed by atoms with Crippen LogP contribution in [0, 0.1) is 11.3 Å². The number of amides is 2. The van der Waals surface area contributed by atoms with Crippen LogP contribution in [0.4, 0.5) is 11.4 Å². The van der Waals surface area contributed by atoms with Crippen molar-refractivity contribution in [2.24, 2.45) is 0 Å². The molecule has 190 valence electrons. The van der Waals surface area contributed by atoms with Gasteiger partial charge < -0.3 is 20.7 Å². The first kappa shape index (κ1) is 26.0. The molecular formula is C28H28N4O4S. The van der Waals surface area contributed by atoms with Crippen molar-refractivity contribution < 1.29 is 19.1 Å². The highest BCUT2D eigenvalue weighted by atomic mass is 32.2. The molecule has 1 heterocycles. The van der Waals surface area contributed by atoms with Crippen molar-refractivity contribution in [3.05, 3.63) is 76.0 Å². The summed E-state index contributed by atoms with van der Waals surface area (Å²) >= 11 is 1.24. The average molecular weight is 517 g/mol. The minimum atomic E-state index is -0.489. The van der Waals surface area contributed by atoms with E-state index >= 15 is 0 Å². The molecular weight excluding hydrogens is 488 g/mol. The number of Topliss-reactive ketones (excluding diaryl/α,β-unsaturated/α-hetero) is 1. The number of hydrogen-bond donors (Lipinski definition) is 3. The van der Waals surface area contributed by atoms with Gasteiger partial charge in [0.05, 0.1) is 34.9 Å². The molecule has 4 rings (SSSR count). The quantitative estimate of drug-likeness (QED) is 0.459. The fourth-order valence-electron chi connectivity index (χ4n) is 4.47. The van der Waals surface area contributed by atoms with Gasteiger partial charge in [0.2, 0.25) is 11.8 Å². The molecule has 1 atom stereocenters. The maximum atomic E-state index is 13.0. The highest BCUT2D eigenvalue weighted by Gasteiger charge is 2.37. The lowest BCUT2D eigenvalue weighted by Gasteiger charge is -2.33. The number of carbonyl (C=O) groups is 3. The van der Waals surface area contributed by atoms with Crippen LogP contribution in [0.2, 0.25) is 0 Å². The second-order valence-corrected chi connectivity index (χ2v) is 9.66. The third-order valence-corrected chi connectivity index (χ3v) is 7.04. The molecule has 0 saturated carbocycles. The number of rotatable bonds is 8. The van der Waals surface area contributed by atoms with Crippen LogP contribution < -0.4 is 20.7 Å². The molecule has 1 aliphatic heterocycles. The van der Waals surface area contributed by atoms with Crippen molar-refractivity contribution in [3.8, 4) is 11.8 Å². The van der Waals surface area contributed by atoms with Crippen LogP contribution in [0.25, 0.3) is 0 Å². The number of ether oxygens (including phenoxy) is 1. The molecule has 2 aromatic rings. The Balaban J connectivity index is 1.53. The van der Waals surface area contributed by atoms with Crippen LogP contribution in [0.5, 0.6) is 5.75 Å². The summed E-state index contributed by atoms with van der Waals surface area (Å²) in [6.45, 7) is 3.89. The molecule has 0 unspecified atom stereocenters. The van der Waals surface area contributed by atoms with E-state index in [0.29, 0.717) is 47.0 Å². The lowest BCUT2D eigenvalue weighted by Crippen LogP contribution is -2.31. The number of nitrogens with zero attached hydrogens (tertiary/aromatic N) is 1. The predicted octanol–water partition coefficient (Wildman–Crippen LogP) is 4.84. The number of dihydropyridines is 1. The number of thioether (sulfide) groups is 1. The summed E-state index contributed by atoms with van der Waals surface area (Å²) in [5.41, 5.74) is 3.97. The maximum Gasteiger partial charge on any atom is 0.234 e. The summed E-state index contributed by atoms with van der Waals surface area (Å²) in [5, 5.41) is 19.5. The third-order valence-electron chi connectivity index (χ3n) is 6.02. The molecule has 2 aliphatic rings. The highest BCUT2D eigenvalue weighted by Crippen LogP contribution is 2.44. The minimum Gasteiger partial charge on any atom is -0.494 e. The van der Waals surface area contributed by atoms with E-state index in [1.54, 1.807) is 24.3 Å². The molecule has 8 nitrogen and oxygen atoms in total. The standard InChI is InChI=1S/C28H28N4O4S/c1-3-36-21-13-7-18(8-14-21)26-22(15-29)28(32-23-5-4-6-24(34)27(23)26)37-16-25(35)31-20-11-9-19(10-12-20)30-17(2)33/h7-14,26,32H,3-6,16H2,1-2H3,(H,30,33)(H,31,35)/t26-/m1/s1. The molecule has 0 aromatic heterocycles. The van der Waals surface area contributed by atoms with E-state index in [9.17, 15) is 19.6 Å². The van der Waals surface area contributed by atoms with Gasteiger partial charge in [-0.1, -0.05) is 23.9 Å². The third kappa shape index (κ3) is 6.22. The lowest BCUT2D eigenvalue weighted by atomic mass is 9.77. The molecule has 0 saturated heterocycles. The van der Waals surface area contributed by atoms with Crippen molar-refractivity contribution >= 4 is 40.7 Å². The van der Waals surface area contributed by atoms with E-state index in [1.807, 2.05) is 31.2 Å². The second-order valence-electron chi connectivity index (χ2n) is 8.68. The number of carbonyl (C=O) groups excluding carboxylic acids is 3. The predicted molar refractivity (Wildman–Crippen MR) is 144 cm³/mol. The average Bonchev–Trinajstić information content (AvgIpc) is 2.88. The van der Waals surface area contributed by atoms with E-state index < -0.39 is 5.92 Å². The number of nitrogens with one attached hydrogen (secondary N) is 3. The fraction of sp³-hybridized carbons (Fsp3) is 0.286. The molecule has 0 fully saturated rings. The molecule has 0 radical (unpaired) electrons. The summed E-state index contributed by atoms with van der Waals surface area (Å²) in [4.78, 5) is 36.8. The Kier molecular flexibility index (Phi) is 8.31. The molecule has 2 aromatic carbocycles. The molecule has 2 amide bonds. The number of hydrogen-bond acceptors (Lipinski definition) is 7. The fourth-order valence-corrected chi connectivity index (χ4v) is 5.33. The Morgan fingerprint density at radius 2 is 1.76 bits per heavy atom. The molecule has 37 heavy (non-hydrogen) atoms. The number of anilines is 2. The van der Waals surface area contributed by atoms with Crippen LogP contribution in [0.3, 0.4) is 0 Å². The van der Waals surface area contributed by atoms with E-state index in [-0.39, 0.29) is 23.4 Å².